The van der Waals surface area contributed by atoms with E-state index in [1.807, 2.05) is 51.1 Å². The van der Waals surface area contributed by atoms with Crippen molar-refractivity contribution in [3.63, 3.8) is 0 Å². The van der Waals surface area contributed by atoms with Gasteiger partial charge in [0.25, 0.3) is 0 Å². The van der Waals surface area contributed by atoms with Gasteiger partial charge in [0, 0.05) is 13.1 Å². The third kappa shape index (κ3) is 5.08. The first kappa shape index (κ1) is 19.0. The van der Waals surface area contributed by atoms with Crippen LogP contribution >= 0.6 is 0 Å². The Kier molecular flexibility index (Phi) is 5.88. The molecule has 5 heteroatoms. The largest absolute Gasteiger partial charge is 0.460 e. The van der Waals surface area contributed by atoms with E-state index in [9.17, 15) is 9.59 Å². The minimum Gasteiger partial charge on any atom is -0.460 e. The Morgan fingerprint density at radius 3 is 2.32 bits per heavy atom. The summed E-state index contributed by atoms with van der Waals surface area (Å²) in [4.78, 5) is 26.4. The molecule has 1 heterocycles. The van der Waals surface area contributed by atoms with Crippen molar-refractivity contribution in [2.24, 2.45) is 5.41 Å². The molecule has 0 saturated carbocycles. The summed E-state index contributed by atoms with van der Waals surface area (Å²) in [5.41, 5.74) is -0.326. The van der Waals surface area contributed by atoms with Crippen LogP contribution < -0.4 is 0 Å². The summed E-state index contributed by atoms with van der Waals surface area (Å²) in [6, 6.07) is 9.57. The molecular formula is C20H27NO4. The van der Waals surface area contributed by atoms with Crippen LogP contribution in [0, 0.1) is 5.41 Å². The van der Waals surface area contributed by atoms with Gasteiger partial charge in [0.2, 0.25) is 0 Å². The minimum absolute atomic E-state index is 0.241. The number of rotatable bonds is 4. The molecule has 1 saturated heterocycles. The summed E-state index contributed by atoms with van der Waals surface area (Å²) in [5.74, 6) is -0.282. The molecule has 136 valence electrons. The fraction of sp³-hybridized carbons (Fsp3) is 0.500. The van der Waals surface area contributed by atoms with Crippen molar-refractivity contribution < 1.29 is 19.1 Å². The molecule has 1 aliphatic rings. The Morgan fingerprint density at radius 2 is 1.80 bits per heavy atom. The summed E-state index contributed by atoms with van der Waals surface area (Å²) in [5, 5.41) is 0. The molecule has 1 aromatic carbocycles. The van der Waals surface area contributed by atoms with Crippen LogP contribution in [0.3, 0.4) is 0 Å². The minimum atomic E-state index is -0.743. The molecule has 0 atom stereocenters. The van der Waals surface area contributed by atoms with E-state index < -0.39 is 11.0 Å². The van der Waals surface area contributed by atoms with Crippen molar-refractivity contribution in [1.29, 1.82) is 0 Å². The molecule has 1 fully saturated rings. The molecule has 0 radical (unpaired) electrons. The van der Waals surface area contributed by atoms with Crippen molar-refractivity contribution >= 4 is 12.1 Å². The highest BCUT2D eigenvalue weighted by Crippen LogP contribution is 2.35. The zero-order valence-corrected chi connectivity index (χ0v) is 15.3. The maximum Gasteiger partial charge on any atom is 0.410 e. The standard InChI is InChI=1S/C20H27NO4/c1-5-20(17(22)24-15-16-9-7-6-8-10-16)11-13-21(14-12-20)18(23)25-19(2,3)4/h5-10H,1,11-15H2,2-4H3. The molecule has 0 unspecified atom stereocenters. The van der Waals surface area contributed by atoms with Crippen LogP contribution in [0.15, 0.2) is 43.0 Å². The van der Waals surface area contributed by atoms with Gasteiger partial charge in [0.15, 0.2) is 0 Å². The number of esters is 1. The highest BCUT2D eigenvalue weighted by atomic mass is 16.6. The van der Waals surface area contributed by atoms with Crippen LogP contribution in [-0.2, 0) is 20.9 Å². The Bertz CT molecular complexity index is 610. The summed E-state index contributed by atoms with van der Waals surface area (Å²) in [6.07, 6.45) is 2.29. The zero-order valence-electron chi connectivity index (χ0n) is 15.3. The smallest absolute Gasteiger partial charge is 0.410 e. The number of ether oxygens (including phenoxy) is 2. The molecule has 0 aromatic heterocycles. The Balaban J connectivity index is 1.92. The van der Waals surface area contributed by atoms with E-state index in [1.165, 1.54) is 0 Å². The van der Waals surface area contributed by atoms with E-state index in [4.69, 9.17) is 9.47 Å². The lowest BCUT2D eigenvalue weighted by Crippen LogP contribution is -2.47. The molecular weight excluding hydrogens is 318 g/mol. The number of carbonyl (C=O) groups excluding carboxylic acids is 2. The van der Waals surface area contributed by atoms with E-state index in [2.05, 4.69) is 6.58 Å². The van der Waals surface area contributed by atoms with Gasteiger partial charge in [0.05, 0.1) is 5.41 Å². The van der Waals surface area contributed by atoms with Crippen molar-refractivity contribution in [2.75, 3.05) is 13.1 Å². The first-order valence-corrected chi connectivity index (χ1v) is 8.58. The van der Waals surface area contributed by atoms with Gasteiger partial charge in [-0.05, 0) is 39.2 Å². The molecule has 25 heavy (non-hydrogen) atoms. The lowest BCUT2D eigenvalue weighted by Gasteiger charge is -2.38. The number of piperidine rings is 1. The van der Waals surface area contributed by atoms with E-state index in [1.54, 1.807) is 11.0 Å². The molecule has 1 aliphatic heterocycles. The number of benzene rings is 1. The first-order valence-electron chi connectivity index (χ1n) is 8.58. The van der Waals surface area contributed by atoms with Gasteiger partial charge in [-0.3, -0.25) is 4.79 Å². The first-order chi connectivity index (χ1) is 11.8. The van der Waals surface area contributed by atoms with Crippen molar-refractivity contribution in [2.45, 2.75) is 45.8 Å². The lowest BCUT2D eigenvalue weighted by molar-refractivity contribution is -0.156. The van der Waals surface area contributed by atoms with E-state index in [0.29, 0.717) is 25.9 Å². The Hall–Kier alpha value is -2.30. The topological polar surface area (TPSA) is 55.8 Å². The monoisotopic (exact) mass is 345 g/mol. The van der Waals surface area contributed by atoms with E-state index in [0.717, 1.165) is 5.56 Å². The molecule has 0 N–H and O–H groups in total. The van der Waals surface area contributed by atoms with Crippen LogP contribution in [0.1, 0.15) is 39.2 Å². The van der Waals surface area contributed by atoms with Gasteiger partial charge < -0.3 is 14.4 Å². The summed E-state index contributed by atoms with van der Waals surface area (Å²) in [6.45, 7) is 10.5. The predicted molar refractivity (Wildman–Crippen MR) is 95.9 cm³/mol. The second-order valence-electron chi connectivity index (χ2n) is 7.39. The van der Waals surface area contributed by atoms with Gasteiger partial charge in [-0.25, -0.2) is 4.79 Å². The summed E-state index contributed by atoms with van der Waals surface area (Å²) < 4.78 is 10.9. The van der Waals surface area contributed by atoms with Crippen LogP contribution in [0.5, 0.6) is 0 Å². The lowest BCUT2D eigenvalue weighted by atomic mass is 9.78. The van der Waals surface area contributed by atoms with Gasteiger partial charge in [0.1, 0.15) is 12.2 Å². The van der Waals surface area contributed by atoms with Crippen molar-refractivity contribution in [3.05, 3.63) is 48.6 Å². The quantitative estimate of drug-likeness (QED) is 0.613. The second kappa shape index (κ2) is 7.72. The number of nitrogens with zero attached hydrogens (tertiary/aromatic N) is 1. The Labute approximate surface area is 149 Å². The third-order valence-corrected chi connectivity index (χ3v) is 4.32. The number of likely N-dealkylation sites (tertiary alicyclic amines) is 1. The van der Waals surface area contributed by atoms with Crippen LogP contribution in [0.25, 0.3) is 0 Å². The molecule has 0 spiro atoms. The van der Waals surface area contributed by atoms with Crippen molar-refractivity contribution in [1.82, 2.24) is 4.90 Å². The average Bonchev–Trinajstić information content (AvgIpc) is 2.59. The fourth-order valence-corrected chi connectivity index (χ4v) is 2.77. The maximum absolute atomic E-state index is 12.6. The third-order valence-electron chi connectivity index (χ3n) is 4.32. The predicted octanol–water partition coefficient (Wildman–Crippen LogP) is 3.93. The Morgan fingerprint density at radius 1 is 1.20 bits per heavy atom. The second-order valence-corrected chi connectivity index (χ2v) is 7.39. The zero-order chi connectivity index (χ0) is 18.5. The molecule has 2 rings (SSSR count). The average molecular weight is 345 g/mol. The highest BCUT2D eigenvalue weighted by molar-refractivity contribution is 5.79. The molecule has 1 amide bonds. The summed E-state index contributed by atoms with van der Waals surface area (Å²) >= 11 is 0. The normalized spacial score (nSPS) is 16.8. The number of hydrogen-bond donors (Lipinski definition) is 0. The van der Waals surface area contributed by atoms with Crippen LogP contribution in [-0.4, -0.2) is 35.7 Å². The SMILES string of the molecule is C=CC1(C(=O)OCc2ccccc2)CCN(C(=O)OC(C)(C)C)CC1. The number of amides is 1. The highest BCUT2D eigenvalue weighted by Gasteiger charge is 2.41. The maximum atomic E-state index is 12.6. The van der Waals surface area contributed by atoms with Crippen LogP contribution in [0.2, 0.25) is 0 Å². The van der Waals surface area contributed by atoms with Gasteiger partial charge in [-0.2, -0.15) is 0 Å². The van der Waals surface area contributed by atoms with E-state index >= 15 is 0 Å². The van der Waals surface area contributed by atoms with Gasteiger partial charge in [-0.1, -0.05) is 36.4 Å². The van der Waals surface area contributed by atoms with Crippen LogP contribution in [0.4, 0.5) is 4.79 Å². The van der Waals surface area contributed by atoms with Gasteiger partial charge in [-0.15, -0.1) is 6.58 Å². The molecule has 1 aromatic rings. The van der Waals surface area contributed by atoms with Gasteiger partial charge >= 0.3 is 12.1 Å². The summed E-state index contributed by atoms with van der Waals surface area (Å²) in [7, 11) is 0. The molecule has 0 bridgehead atoms. The van der Waals surface area contributed by atoms with Crippen molar-refractivity contribution in [3.8, 4) is 0 Å². The number of hydrogen-bond acceptors (Lipinski definition) is 4. The number of carbonyl (C=O) groups is 2. The fourth-order valence-electron chi connectivity index (χ4n) is 2.77. The molecule has 0 aliphatic carbocycles. The van der Waals surface area contributed by atoms with E-state index in [-0.39, 0.29) is 18.7 Å². The molecule has 5 nitrogen and oxygen atoms in total.